The lowest BCUT2D eigenvalue weighted by atomic mass is 9.96. The van der Waals surface area contributed by atoms with Crippen molar-refractivity contribution in [2.45, 2.75) is 45.4 Å². The van der Waals surface area contributed by atoms with Crippen molar-refractivity contribution in [3.8, 4) is 0 Å². The van der Waals surface area contributed by atoms with Gasteiger partial charge in [0, 0.05) is 38.2 Å². The van der Waals surface area contributed by atoms with E-state index in [1.807, 2.05) is 41.8 Å². The average molecular weight is 365 g/mol. The molecule has 0 aliphatic carbocycles. The molecule has 1 aromatic carbocycles. The first-order valence-electron chi connectivity index (χ1n) is 9.74. The molecule has 0 bridgehead atoms. The van der Waals surface area contributed by atoms with Gasteiger partial charge in [0.1, 0.15) is 5.82 Å². The highest BCUT2D eigenvalue weighted by atomic mass is 16.2. The van der Waals surface area contributed by atoms with Gasteiger partial charge in [-0.25, -0.2) is 4.98 Å². The number of likely N-dealkylation sites (tertiary alicyclic amines) is 1. The van der Waals surface area contributed by atoms with Crippen LogP contribution in [0.5, 0.6) is 0 Å². The topological polar surface area (TPSA) is 66.8 Å². The maximum atomic E-state index is 12.8. The number of benzene rings is 1. The first-order chi connectivity index (χ1) is 13.0. The maximum Gasteiger partial charge on any atom is 0.222 e. The van der Waals surface area contributed by atoms with Crippen molar-refractivity contribution < 1.29 is 4.79 Å². The van der Waals surface area contributed by atoms with Gasteiger partial charge in [-0.05, 0) is 50.8 Å². The normalized spacial score (nSPS) is 17.6. The van der Waals surface area contributed by atoms with E-state index in [9.17, 15) is 4.79 Å². The van der Waals surface area contributed by atoms with Crippen LogP contribution in [0.25, 0.3) is 11.0 Å². The molecule has 6 heteroatoms. The van der Waals surface area contributed by atoms with E-state index >= 15 is 0 Å². The van der Waals surface area contributed by atoms with Gasteiger partial charge in [-0.1, -0.05) is 12.1 Å². The quantitative estimate of drug-likeness (QED) is 0.772. The summed E-state index contributed by atoms with van der Waals surface area (Å²) >= 11 is 0. The highest BCUT2D eigenvalue weighted by Gasteiger charge is 2.27. The molecule has 3 aromatic rings. The number of aromatic amines is 1. The highest BCUT2D eigenvalue weighted by Crippen LogP contribution is 2.27. The number of hydrogen-bond acceptors (Lipinski definition) is 3. The number of para-hydroxylation sites is 2. The number of carbonyl (C=O) groups excluding carboxylic acids is 1. The van der Waals surface area contributed by atoms with Gasteiger partial charge in [0.25, 0.3) is 0 Å². The van der Waals surface area contributed by atoms with Crippen LogP contribution in [-0.4, -0.2) is 43.6 Å². The maximum absolute atomic E-state index is 12.8. The summed E-state index contributed by atoms with van der Waals surface area (Å²) in [7, 11) is 1.95. The zero-order valence-corrected chi connectivity index (χ0v) is 16.3. The number of aryl methyl sites for hydroxylation is 2. The molecule has 1 aliphatic heterocycles. The molecule has 0 spiro atoms. The second-order valence-corrected chi connectivity index (χ2v) is 7.59. The average Bonchev–Trinajstić information content (AvgIpc) is 3.21. The van der Waals surface area contributed by atoms with E-state index < -0.39 is 0 Å². The molecule has 142 valence electrons. The van der Waals surface area contributed by atoms with Crippen LogP contribution >= 0.6 is 0 Å². The SMILES string of the molecule is Cc1nn(C)c(C)c1CCC(=O)N1CCCC(c2nc3ccccc3[nH]2)C1. The Labute approximate surface area is 159 Å². The Morgan fingerprint density at radius 2 is 2.11 bits per heavy atom. The molecule has 27 heavy (non-hydrogen) atoms. The van der Waals surface area contributed by atoms with Crippen molar-refractivity contribution in [1.82, 2.24) is 24.6 Å². The fourth-order valence-corrected chi connectivity index (χ4v) is 4.16. The smallest absolute Gasteiger partial charge is 0.222 e. The molecule has 6 nitrogen and oxygen atoms in total. The molecule has 1 saturated heterocycles. The van der Waals surface area contributed by atoms with E-state index in [-0.39, 0.29) is 11.8 Å². The molecule has 0 radical (unpaired) electrons. The summed E-state index contributed by atoms with van der Waals surface area (Å²) in [5.41, 5.74) is 5.45. The fraction of sp³-hybridized carbons (Fsp3) is 0.476. The fourth-order valence-electron chi connectivity index (χ4n) is 4.16. The van der Waals surface area contributed by atoms with E-state index in [0.29, 0.717) is 6.42 Å². The van der Waals surface area contributed by atoms with Crippen LogP contribution in [0.15, 0.2) is 24.3 Å². The van der Waals surface area contributed by atoms with Gasteiger partial charge in [0.2, 0.25) is 5.91 Å². The predicted octanol–water partition coefficient (Wildman–Crippen LogP) is 3.25. The molecule has 1 atom stereocenters. The van der Waals surface area contributed by atoms with Crippen LogP contribution < -0.4 is 0 Å². The van der Waals surface area contributed by atoms with Crippen molar-refractivity contribution in [2.75, 3.05) is 13.1 Å². The molecule has 2 aromatic heterocycles. The summed E-state index contributed by atoms with van der Waals surface area (Å²) in [6, 6.07) is 8.10. The molecule has 4 rings (SSSR count). The predicted molar refractivity (Wildman–Crippen MR) is 106 cm³/mol. The number of amides is 1. The van der Waals surface area contributed by atoms with E-state index in [1.165, 1.54) is 5.56 Å². The van der Waals surface area contributed by atoms with Crippen LogP contribution in [0, 0.1) is 13.8 Å². The summed E-state index contributed by atoms with van der Waals surface area (Å²) in [5.74, 6) is 1.53. The third-order valence-corrected chi connectivity index (χ3v) is 5.82. The standard InChI is InChI=1S/C21H27N5O/c1-14-17(15(2)25(3)24-14)10-11-20(27)26-12-6-7-16(13-26)21-22-18-8-4-5-9-19(18)23-21/h4-5,8-9,16H,6-7,10-13H2,1-3H3,(H,22,23). The second kappa shape index (κ2) is 7.18. The number of fused-ring (bicyclic) bond motifs is 1. The molecular formula is C21H27N5O. The van der Waals surface area contributed by atoms with Gasteiger partial charge in [-0.3, -0.25) is 9.48 Å². The van der Waals surface area contributed by atoms with Crippen LogP contribution in [0.3, 0.4) is 0 Å². The van der Waals surface area contributed by atoms with E-state index in [2.05, 4.69) is 23.1 Å². The molecule has 1 amide bonds. The summed E-state index contributed by atoms with van der Waals surface area (Å²) in [6.45, 7) is 5.69. The summed E-state index contributed by atoms with van der Waals surface area (Å²) < 4.78 is 1.90. The molecular weight excluding hydrogens is 338 g/mol. The molecule has 3 heterocycles. The first-order valence-corrected chi connectivity index (χ1v) is 9.74. The Morgan fingerprint density at radius 1 is 1.30 bits per heavy atom. The lowest BCUT2D eigenvalue weighted by Gasteiger charge is -2.32. The second-order valence-electron chi connectivity index (χ2n) is 7.59. The summed E-state index contributed by atoms with van der Waals surface area (Å²) in [4.78, 5) is 23.0. The van der Waals surface area contributed by atoms with Gasteiger partial charge >= 0.3 is 0 Å². The Bertz CT molecular complexity index is 937. The molecule has 1 fully saturated rings. The van der Waals surface area contributed by atoms with Crippen LogP contribution in [0.1, 0.15) is 48.0 Å². The first kappa shape index (κ1) is 17.8. The van der Waals surface area contributed by atoms with Crippen LogP contribution in [0.4, 0.5) is 0 Å². The Morgan fingerprint density at radius 3 is 2.85 bits per heavy atom. The lowest BCUT2D eigenvalue weighted by Crippen LogP contribution is -2.39. The number of H-pyrrole nitrogens is 1. The van der Waals surface area contributed by atoms with Crippen molar-refractivity contribution in [3.05, 3.63) is 47.0 Å². The number of hydrogen-bond donors (Lipinski definition) is 1. The van der Waals surface area contributed by atoms with Crippen molar-refractivity contribution >= 4 is 16.9 Å². The van der Waals surface area contributed by atoms with Gasteiger partial charge in [0.05, 0.1) is 16.7 Å². The van der Waals surface area contributed by atoms with Crippen molar-refractivity contribution in [3.63, 3.8) is 0 Å². The lowest BCUT2D eigenvalue weighted by molar-refractivity contribution is -0.132. The Hall–Kier alpha value is -2.63. The number of piperidine rings is 1. The Kier molecular flexibility index (Phi) is 4.72. The minimum atomic E-state index is 0.235. The van der Waals surface area contributed by atoms with E-state index in [0.717, 1.165) is 60.6 Å². The third-order valence-electron chi connectivity index (χ3n) is 5.82. The molecule has 1 aliphatic rings. The monoisotopic (exact) mass is 365 g/mol. The van der Waals surface area contributed by atoms with E-state index in [4.69, 9.17) is 4.98 Å². The number of nitrogens with one attached hydrogen (secondary N) is 1. The zero-order chi connectivity index (χ0) is 19.0. The third kappa shape index (κ3) is 3.48. The minimum absolute atomic E-state index is 0.235. The van der Waals surface area contributed by atoms with Crippen molar-refractivity contribution in [1.29, 1.82) is 0 Å². The van der Waals surface area contributed by atoms with Crippen molar-refractivity contribution in [2.24, 2.45) is 7.05 Å². The number of rotatable bonds is 4. The van der Waals surface area contributed by atoms with Gasteiger partial charge in [0.15, 0.2) is 0 Å². The zero-order valence-electron chi connectivity index (χ0n) is 16.3. The number of nitrogens with zero attached hydrogens (tertiary/aromatic N) is 4. The Balaban J connectivity index is 1.42. The molecule has 1 N–H and O–H groups in total. The highest BCUT2D eigenvalue weighted by molar-refractivity contribution is 5.77. The van der Waals surface area contributed by atoms with Crippen LogP contribution in [0.2, 0.25) is 0 Å². The van der Waals surface area contributed by atoms with Crippen LogP contribution in [-0.2, 0) is 18.3 Å². The minimum Gasteiger partial charge on any atom is -0.342 e. The largest absolute Gasteiger partial charge is 0.342 e. The van der Waals surface area contributed by atoms with E-state index in [1.54, 1.807) is 0 Å². The summed E-state index contributed by atoms with van der Waals surface area (Å²) in [6.07, 6.45) is 3.40. The summed E-state index contributed by atoms with van der Waals surface area (Å²) in [5, 5.41) is 4.45. The number of carbonyl (C=O) groups is 1. The van der Waals surface area contributed by atoms with Gasteiger partial charge in [-0.15, -0.1) is 0 Å². The van der Waals surface area contributed by atoms with Gasteiger partial charge < -0.3 is 9.88 Å². The molecule has 1 unspecified atom stereocenters. The number of aromatic nitrogens is 4. The van der Waals surface area contributed by atoms with Gasteiger partial charge in [-0.2, -0.15) is 5.10 Å². The number of imidazole rings is 1. The molecule has 0 saturated carbocycles.